The number of nitrogens with one attached hydrogen (secondary N) is 1. The predicted octanol–water partition coefficient (Wildman–Crippen LogP) is 18.9. The summed E-state index contributed by atoms with van der Waals surface area (Å²) in [5.74, 6) is -0.196. The van der Waals surface area contributed by atoms with E-state index in [1.165, 1.54) is 327 Å². The summed E-state index contributed by atoms with van der Waals surface area (Å²) >= 11 is 0. The summed E-state index contributed by atoms with van der Waals surface area (Å²) in [4.78, 5) is 13.4. The molecule has 0 aliphatic carbocycles. The van der Waals surface area contributed by atoms with Crippen LogP contribution in [0.4, 0.5) is 0 Å². The van der Waals surface area contributed by atoms with Crippen molar-refractivity contribution in [2.24, 2.45) is 0 Å². The first-order valence-electron chi connectivity index (χ1n) is 41.4. The minimum absolute atomic E-state index is 0.196. The normalized spacial score (nSPS) is 22.3. The van der Waals surface area contributed by atoms with Crippen LogP contribution >= 0.6 is 0 Å². The van der Waals surface area contributed by atoms with Crippen molar-refractivity contribution in [2.45, 2.75) is 479 Å². The molecule has 1 amide bonds. The van der Waals surface area contributed by atoms with Crippen molar-refractivity contribution in [1.29, 1.82) is 0 Å². The average Bonchev–Trinajstić information content (AvgIpc) is 0.927. The highest BCUT2D eigenvalue weighted by Gasteiger charge is 2.51. The second-order valence-electron chi connectivity index (χ2n) is 29.6. The van der Waals surface area contributed by atoms with E-state index in [0.29, 0.717) is 12.8 Å². The van der Waals surface area contributed by atoms with Crippen molar-refractivity contribution in [3.05, 3.63) is 12.2 Å². The fourth-order valence-electron chi connectivity index (χ4n) is 14.2. The Morgan fingerprint density at radius 1 is 0.368 bits per heavy atom. The van der Waals surface area contributed by atoms with Gasteiger partial charge in [0.15, 0.2) is 12.6 Å². The van der Waals surface area contributed by atoms with Gasteiger partial charge in [-0.2, -0.15) is 0 Å². The zero-order chi connectivity index (χ0) is 68.7. The van der Waals surface area contributed by atoms with E-state index < -0.39 is 86.8 Å². The van der Waals surface area contributed by atoms with Crippen LogP contribution in [0.15, 0.2) is 12.2 Å². The van der Waals surface area contributed by atoms with E-state index in [1.54, 1.807) is 0 Å². The van der Waals surface area contributed by atoms with Crippen molar-refractivity contribution in [3.63, 3.8) is 0 Å². The largest absolute Gasteiger partial charge is 0.394 e. The first-order chi connectivity index (χ1) is 46.6. The average molecular weight is 1350 g/mol. The Kier molecular flexibility index (Phi) is 62.4. The maximum atomic E-state index is 13.4. The van der Waals surface area contributed by atoms with Crippen LogP contribution in [0.25, 0.3) is 0 Å². The second-order valence-corrected chi connectivity index (χ2v) is 29.6. The van der Waals surface area contributed by atoms with Crippen LogP contribution in [0.3, 0.4) is 0 Å². The fraction of sp³-hybridized carbons (Fsp3) is 0.963. The number of hydrogen-bond acceptors (Lipinski definition) is 13. The molecule has 12 atom stereocenters. The van der Waals surface area contributed by atoms with Gasteiger partial charge in [-0.3, -0.25) is 4.79 Å². The minimum atomic E-state index is -1.78. The van der Waals surface area contributed by atoms with E-state index in [-0.39, 0.29) is 12.5 Å². The van der Waals surface area contributed by atoms with Gasteiger partial charge in [-0.05, 0) is 38.5 Å². The van der Waals surface area contributed by atoms with E-state index in [0.717, 1.165) is 51.4 Å². The van der Waals surface area contributed by atoms with Crippen LogP contribution in [0, 0.1) is 0 Å². The van der Waals surface area contributed by atoms with Gasteiger partial charge in [0.25, 0.3) is 0 Å². The van der Waals surface area contributed by atoms with Gasteiger partial charge in [0.05, 0.1) is 32.0 Å². The standard InChI is InChI=1S/C81H157NO13/c1-3-5-7-9-11-13-15-17-19-21-23-25-27-29-30-31-32-33-34-35-36-37-38-39-40-41-43-45-47-49-51-53-55-57-59-61-63-65-73(86)82-69(68-92-80-78(91)76(89)79(72(67-84)94-80)95-81-77(90)75(88)74(87)71(66-83)93-81)70(85)64-62-60-58-56-54-52-50-48-46-44-42-28-26-24-22-20-18-16-14-12-10-8-6-4-2/h21,23,69-72,74-81,83-85,87-91H,3-20,22,24-68H2,1-2H3,(H,82,86)/b23-21-. The summed E-state index contributed by atoms with van der Waals surface area (Å²) in [5.41, 5.74) is 0. The topological polar surface area (TPSA) is 228 Å². The number of ether oxygens (including phenoxy) is 4. The van der Waals surface area contributed by atoms with Crippen molar-refractivity contribution in [3.8, 4) is 0 Å². The van der Waals surface area contributed by atoms with Crippen molar-refractivity contribution < 1.29 is 64.6 Å². The monoisotopic (exact) mass is 1350 g/mol. The van der Waals surface area contributed by atoms with Gasteiger partial charge in [-0.15, -0.1) is 0 Å². The molecule has 2 aliphatic rings. The van der Waals surface area contributed by atoms with E-state index >= 15 is 0 Å². The molecule has 2 heterocycles. The third kappa shape index (κ3) is 49.1. The highest BCUT2D eigenvalue weighted by atomic mass is 16.7. The number of hydrogen-bond donors (Lipinski definition) is 9. The van der Waals surface area contributed by atoms with Gasteiger partial charge >= 0.3 is 0 Å². The molecule has 95 heavy (non-hydrogen) atoms. The second kappa shape index (κ2) is 66.0. The lowest BCUT2D eigenvalue weighted by molar-refractivity contribution is -0.359. The molecule has 12 unspecified atom stereocenters. The summed E-state index contributed by atoms with van der Waals surface area (Å²) in [6, 6.07) is -0.826. The van der Waals surface area contributed by atoms with Gasteiger partial charge in [0.1, 0.15) is 48.8 Å². The zero-order valence-electron chi connectivity index (χ0n) is 62.0. The van der Waals surface area contributed by atoms with Gasteiger partial charge in [-0.1, -0.05) is 373 Å². The molecule has 0 aromatic heterocycles. The molecule has 2 rings (SSSR count). The number of carbonyl (C=O) groups excluding carboxylic acids is 1. The molecular weight excluding hydrogens is 1190 g/mol. The predicted molar refractivity (Wildman–Crippen MR) is 392 cm³/mol. The third-order valence-corrected chi connectivity index (χ3v) is 20.7. The SMILES string of the molecule is CCCCCCCCCC/C=C\CCCCCCCCCCCCCCCCCCCCCCCCCCCC(=O)NC(COC1OC(CO)C(OC2OC(CO)C(O)C(O)C2O)C(O)C1O)C(O)CCCCCCCCCCCCCCCCCCCCCCCCCC. The lowest BCUT2D eigenvalue weighted by Crippen LogP contribution is -2.65. The molecule has 14 heteroatoms. The fourth-order valence-corrected chi connectivity index (χ4v) is 14.2. The number of allylic oxidation sites excluding steroid dienone is 2. The lowest BCUT2D eigenvalue weighted by Gasteiger charge is -2.46. The number of amides is 1. The Morgan fingerprint density at radius 3 is 1.00 bits per heavy atom. The van der Waals surface area contributed by atoms with E-state index in [2.05, 4.69) is 31.3 Å². The molecule has 2 saturated heterocycles. The van der Waals surface area contributed by atoms with Crippen molar-refractivity contribution in [2.75, 3.05) is 19.8 Å². The Labute approximate surface area is 584 Å². The molecule has 0 saturated carbocycles. The molecule has 564 valence electrons. The summed E-state index contributed by atoms with van der Waals surface area (Å²) < 4.78 is 23.0. The summed E-state index contributed by atoms with van der Waals surface area (Å²) in [7, 11) is 0. The maximum Gasteiger partial charge on any atom is 0.220 e. The van der Waals surface area contributed by atoms with Gasteiger partial charge in [0, 0.05) is 6.42 Å². The van der Waals surface area contributed by atoms with Crippen LogP contribution < -0.4 is 5.32 Å². The summed E-state index contributed by atoms with van der Waals surface area (Å²) in [6.45, 7) is 2.94. The third-order valence-electron chi connectivity index (χ3n) is 20.7. The minimum Gasteiger partial charge on any atom is -0.394 e. The Hall–Kier alpha value is -1.27. The van der Waals surface area contributed by atoms with Crippen LogP contribution in [0.2, 0.25) is 0 Å². The zero-order valence-corrected chi connectivity index (χ0v) is 62.0. The molecule has 14 nitrogen and oxygen atoms in total. The summed E-state index contributed by atoms with van der Waals surface area (Å²) in [5, 5.41) is 87.9. The molecule has 0 spiro atoms. The Morgan fingerprint density at radius 2 is 0.663 bits per heavy atom. The Balaban J connectivity index is 1.57. The number of rotatable bonds is 71. The molecule has 2 fully saturated rings. The highest BCUT2D eigenvalue weighted by Crippen LogP contribution is 2.31. The highest BCUT2D eigenvalue weighted by molar-refractivity contribution is 5.76. The first kappa shape index (κ1) is 89.8. The van der Waals surface area contributed by atoms with Crippen LogP contribution in [0.5, 0.6) is 0 Å². The quantitative estimate of drug-likeness (QED) is 0.0204. The maximum absolute atomic E-state index is 13.4. The molecule has 0 aromatic rings. The molecular formula is C81H157NO13. The van der Waals surface area contributed by atoms with Crippen LogP contribution in [0.1, 0.15) is 406 Å². The first-order valence-corrected chi connectivity index (χ1v) is 41.4. The van der Waals surface area contributed by atoms with Gasteiger partial charge in [0.2, 0.25) is 5.91 Å². The lowest BCUT2D eigenvalue weighted by atomic mass is 9.97. The number of unbranched alkanes of at least 4 members (excludes halogenated alkanes) is 56. The molecule has 9 N–H and O–H groups in total. The Bertz CT molecular complexity index is 1640. The molecule has 0 bridgehead atoms. The van der Waals surface area contributed by atoms with Crippen molar-refractivity contribution in [1.82, 2.24) is 5.32 Å². The van der Waals surface area contributed by atoms with E-state index in [9.17, 15) is 45.6 Å². The summed E-state index contributed by atoms with van der Waals surface area (Å²) in [6.07, 6.45) is 67.0. The van der Waals surface area contributed by atoms with E-state index in [1.807, 2.05) is 0 Å². The van der Waals surface area contributed by atoms with Gasteiger partial charge < -0.3 is 65.1 Å². The van der Waals surface area contributed by atoms with Crippen molar-refractivity contribution >= 4 is 5.91 Å². The number of carbonyl (C=O) groups is 1. The van der Waals surface area contributed by atoms with Gasteiger partial charge in [-0.25, -0.2) is 0 Å². The molecule has 0 radical (unpaired) electrons. The number of aliphatic hydroxyl groups is 8. The molecule has 0 aromatic carbocycles. The van der Waals surface area contributed by atoms with E-state index in [4.69, 9.17) is 18.9 Å². The van der Waals surface area contributed by atoms with Crippen LogP contribution in [-0.4, -0.2) is 140 Å². The molecule has 2 aliphatic heterocycles. The van der Waals surface area contributed by atoms with Crippen LogP contribution in [-0.2, 0) is 23.7 Å². The number of aliphatic hydroxyl groups excluding tert-OH is 8. The smallest absolute Gasteiger partial charge is 0.220 e.